The molecule has 24 heavy (non-hydrogen) atoms. The van der Waals surface area contributed by atoms with Gasteiger partial charge in [-0.25, -0.2) is 0 Å². The molecule has 9 heteroatoms. The lowest BCUT2D eigenvalue weighted by Gasteiger charge is -2.33. The number of benzene rings is 1. The number of carboxylic acid groups (broad SMARTS) is 1. The molecule has 0 radical (unpaired) electrons. The van der Waals surface area contributed by atoms with Gasteiger partial charge in [-0.2, -0.15) is 0 Å². The first-order valence-electron chi connectivity index (χ1n) is 7.31. The van der Waals surface area contributed by atoms with Crippen LogP contribution in [-0.2, 0) is 9.53 Å². The van der Waals surface area contributed by atoms with Gasteiger partial charge in [0.05, 0.1) is 17.4 Å². The van der Waals surface area contributed by atoms with Gasteiger partial charge >= 0.3 is 11.7 Å². The number of ether oxygens (including phenoxy) is 2. The van der Waals surface area contributed by atoms with E-state index in [-0.39, 0.29) is 23.5 Å². The van der Waals surface area contributed by atoms with Crippen LogP contribution in [0.2, 0.25) is 0 Å². The second kappa shape index (κ2) is 7.26. The topological polar surface area (TPSA) is 128 Å². The van der Waals surface area contributed by atoms with Gasteiger partial charge in [-0.3, -0.25) is 19.7 Å². The minimum Gasteiger partial charge on any atom is -0.490 e. The number of carbonyl (C=O) groups is 2. The van der Waals surface area contributed by atoms with Gasteiger partial charge in [-0.05, 0) is 18.9 Å². The van der Waals surface area contributed by atoms with E-state index in [2.05, 4.69) is 5.32 Å². The molecular formula is C15H18N2O7. The van der Waals surface area contributed by atoms with Gasteiger partial charge in [-0.1, -0.05) is 0 Å². The smallest absolute Gasteiger partial charge is 0.311 e. The third-order valence-corrected chi connectivity index (χ3v) is 4.13. The van der Waals surface area contributed by atoms with E-state index < -0.39 is 22.2 Å². The number of nitrogens with zero attached hydrogens (tertiary/aromatic N) is 1. The maximum Gasteiger partial charge on any atom is 0.311 e. The maximum atomic E-state index is 12.2. The number of nitro benzene ring substituents is 1. The van der Waals surface area contributed by atoms with Gasteiger partial charge in [-0.15, -0.1) is 0 Å². The monoisotopic (exact) mass is 338 g/mol. The summed E-state index contributed by atoms with van der Waals surface area (Å²) >= 11 is 0. The van der Waals surface area contributed by atoms with Crippen molar-refractivity contribution in [2.45, 2.75) is 12.8 Å². The van der Waals surface area contributed by atoms with Gasteiger partial charge in [0, 0.05) is 37.5 Å². The van der Waals surface area contributed by atoms with Crippen LogP contribution in [0.15, 0.2) is 18.2 Å². The molecule has 1 aliphatic heterocycles. The van der Waals surface area contributed by atoms with E-state index in [0.717, 1.165) is 0 Å². The lowest BCUT2D eigenvalue weighted by atomic mass is 9.80. The van der Waals surface area contributed by atoms with E-state index >= 15 is 0 Å². The lowest BCUT2D eigenvalue weighted by molar-refractivity contribution is -0.385. The van der Waals surface area contributed by atoms with E-state index in [0.29, 0.717) is 26.1 Å². The predicted molar refractivity (Wildman–Crippen MR) is 82.1 cm³/mol. The molecule has 0 unspecified atom stereocenters. The number of amides is 1. The van der Waals surface area contributed by atoms with Crippen LogP contribution in [0, 0.1) is 15.5 Å². The van der Waals surface area contributed by atoms with Crippen LogP contribution >= 0.6 is 0 Å². The van der Waals surface area contributed by atoms with Crippen molar-refractivity contribution in [3.05, 3.63) is 33.9 Å². The first-order chi connectivity index (χ1) is 11.4. The van der Waals surface area contributed by atoms with Crippen LogP contribution in [0.4, 0.5) is 5.69 Å². The number of aliphatic carboxylic acids is 1. The Bertz CT molecular complexity index is 653. The van der Waals surface area contributed by atoms with Crippen molar-refractivity contribution in [1.82, 2.24) is 5.32 Å². The van der Waals surface area contributed by atoms with Crippen LogP contribution in [0.25, 0.3) is 0 Å². The first kappa shape index (κ1) is 17.7. The second-order valence-electron chi connectivity index (χ2n) is 5.52. The molecule has 2 rings (SSSR count). The molecule has 1 aromatic rings. The highest BCUT2D eigenvalue weighted by molar-refractivity contribution is 5.95. The fraction of sp³-hybridized carbons (Fsp3) is 0.467. The van der Waals surface area contributed by atoms with Crippen LogP contribution in [-0.4, -0.2) is 48.8 Å². The third-order valence-electron chi connectivity index (χ3n) is 4.13. The Morgan fingerprint density at radius 2 is 2.08 bits per heavy atom. The van der Waals surface area contributed by atoms with Crippen molar-refractivity contribution in [2.24, 2.45) is 5.41 Å². The van der Waals surface area contributed by atoms with Crippen LogP contribution < -0.4 is 10.1 Å². The van der Waals surface area contributed by atoms with Crippen LogP contribution in [0.3, 0.4) is 0 Å². The molecule has 130 valence electrons. The fourth-order valence-corrected chi connectivity index (χ4v) is 2.55. The molecule has 1 amide bonds. The summed E-state index contributed by atoms with van der Waals surface area (Å²) in [7, 11) is 1.27. The Balaban J connectivity index is 2.12. The van der Waals surface area contributed by atoms with E-state index in [4.69, 9.17) is 9.47 Å². The molecule has 9 nitrogen and oxygen atoms in total. The zero-order valence-corrected chi connectivity index (χ0v) is 13.1. The number of hydrogen-bond donors (Lipinski definition) is 2. The highest BCUT2D eigenvalue weighted by Gasteiger charge is 2.40. The number of carboxylic acids is 1. The molecule has 0 atom stereocenters. The first-order valence-corrected chi connectivity index (χ1v) is 7.31. The van der Waals surface area contributed by atoms with E-state index in [9.17, 15) is 24.8 Å². The molecular weight excluding hydrogens is 320 g/mol. The summed E-state index contributed by atoms with van der Waals surface area (Å²) < 4.78 is 10.1. The summed E-state index contributed by atoms with van der Waals surface area (Å²) in [6, 6.07) is 3.73. The number of carbonyl (C=O) groups excluding carboxylic acids is 1. The zero-order valence-electron chi connectivity index (χ0n) is 13.1. The normalized spacial score (nSPS) is 16.2. The highest BCUT2D eigenvalue weighted by atomic mass is 16.6. The molecule has 1 saturated heterocycles. The Labute approximate surface area is 137 Å². The molecule has 0 aromatic heterocycles. The standard InChI is InChI=1S/C15H18N2O7/c1-23-12-8-10(2-3-11(12)17(21)22)13(18)16-9-15(14(19)20)4-6-24-7-5-15/h2-3,8H,4-7,9H2,1H3,(H,16,18)(H,19,20). The molecule has 1 heterocycles. The lowest BCUT2D eigenvalue weighted by Crippen LogP contribution is -2.46. The van der Waals surface area contributed by atoms with E-state index in [1.165, 1.54) is 25.3 Å². The summed E-state index contributed by atoms with van der Waals surface area (Å²) in [6.45, 7) is 0.616. The average Bonchev–Trinajstić information content (AvgIpc) is 2.59. The fourth-order valence-electron chi connectivity index (χ4n) is 2.55. The van der Waals surface area contributed by atoms with E-state index in [1.54, 1.807) is 0 Å². The molecule has 0 saturated carbocycles. The molecule has 1 aliphatic rings. The number of hydrogen-bond acceptors (Lipinski definition) is 6. The largest absolute Gasteiger partial charge is 0.490 e. The van der Waals surface area contributed by atoms with Crippen molar-refractivity contribution in [1.29, 1.82) is 0 Å². The number of rotatable bonds is 6. The zero-order chi connectivity index (χ0) is 17.7. The highest BCUT2D eigenvalue weighted by Crippen LogP contribution is 2.31. The van der Waals surface area contributed by atoms with Crippen molar-refractivity contribution >= 4 is 17.6 Å². The van der Waals surface area contributed by atoms with Gasteiger partial charge in [0.2, 0.25) is 0 Å². The predicted octanol–water partition coefficient (Wildman–Crippen LogP) is 1.21. The quantitative estimate of drug-likeness (QED) is 0.589. The Hall–Kier alpha value is -2.68. The van der Waals surface area contributed by atoms with E-state index in [1.807, 2.05) is 0 Å². The Kier molecular flexibility index (Phi) is 5.35. The van der Waals surface area contributed by atoms with Crippen LogP contribution in [0.1, 0.15) is 23.2 Å². The van der Waals surface area contributed by atoms with Crippen molar-refractivity contribution < 1.29 is 29.1 Å². The average molecular weight is 338 g/mol. The van der Waals surface area contributed by atoms with Gasteiger partial charge in [0.25, 0.3) is 5.91 Å². The number of nitro groups is 1. The Morgan fingerprint density at radius 1 is 1.42 bits per heavy atom. The minimum atomic E-state index is -1.06. The SMILES string of the molecule is COc1cc(C(=O)NCC2(C(=O)O)CCOCC2)ccc1[N+](=O)[O-]. The van der Waals surface area contributed by atoms with Gasteiger partial charge in [0.1, 0.15) is 0 Å². The summed E-state index contributed by atoms with van der Waals surface area (Å²) in [4.78, 5) is 34.0. The Morgan fingerprint density at radius 3 is 2.62 bits per heavy atom. The van der Waals surface area contributed by atoms with Crippen molar-refractivity contribution in [2.75, 3.05) is 26.9 Å². The van der Waals surface area contributed by atoms with Gasteiger partial charge < -0.3 is 19.9 Å². The second-order valence-corrected chi connectivity index (χ2v) is 5.52. The van der Waals surface area contributed by atoms with Crippen LogP contribution in [0.5, 0.6) is 5.75 Å². The van der Waals surface area contributed by atoms with Crippen molar-refractivity contribution in [3.63, 3.8) is 0 Å². The summed E-state index contributed by atoms with van der Waals surface area (Å²) in [6.07, 6.45) is 0.623. The molecule has 0 bridgehead atoms. The van der Waals surface area contributed by atoms with Crippen molar-refractivity contribution in [3.8, 4) is 5.75 Å². The number of methoxy groups -OCH3 is 1. The summed E-state index contributed by atoms with van der Waals surface area (Å²) in [5.74, 6) is -1.53. The molecule has 1 fully saturated rings. The summed E-state index contributed by atoms with van der Waals surface area (Å²) in [5.41, 5.74) is -1.15. The molecule has 0 aliphatic carbocycles. The summed E-state index contributed by atoms with van der Waals surface area (Å²) in [5, 5.41) is 22.9. The molecule has 0 spiro atoms. The molecule has 1 aromatic carbocycles. The maximum absolute atomic E-state index is 12.2. The third kappa shape index (κ3) is 3.62. The number of nitrogens with one attached hydrogen (secondary N) is 1. The minimum absolute atomic E-state index is 0.0355. The van der Waals surface area contributed by atoms with Gasteiger partial charge in [0.15, 0.2) is 5.75 Å². The molecule has 2 N–H and O–H groups in total.